The van der Waals surface area contributed by atoms with Crippen LogP contribution in [0.2, 0.25) is 0 Å². The summed E-state index contributed by atoms with van der Waals surface area (Å²) in [6.45, 7) is 5.09. The maximum Gasteiger partial charge on any atom is 0.257 e. The van der Waals surface area contributed by atoms with Crippen molar-refractivity contribution in [2.45, 2.75) is 32.9 Å². The Kier molecular flexibility index (Phi) is 6.14. The number of aromatic amines is 1. The number of aromatic nitrogens is 3. The summed E-state index contributed by atoms with van der Waals surface area (Å²) < 4.78 is 0. The number of amides is 1. The van der Waals surface area contributed by atoms with Crippen LogP contribution in [0.4, 0.5) is 11.4 Å². The van der Waals surface area contributed by atoms with E-state index in [9.17, 15) is 9.90 Å². The molecule has 8 heteroatoms. The first-order chi connectivity index (χ1) is 16.6. The van der Waals surface area contributed by atoms with Gasteiger partial charge in [-0.15, -0.1) is 0 Å². The fourth-order valence-electron chi connectivity index (χ4n) is 4.48. The number of aryl methyl sites for hydroxylation is 1. The van der Waals surface area contributed by atoms with Crippen molar-refractivity contribution < 1.29 is 9.90 Å². The van der Waals surface area contributed by atoms with Gasteiger partial charge in [0.25, 0.3) is 5.91 Å². The van der Waals surface area contributed by atoms with E-state index < -0.39 is 0 Å². The van der Waals surface area contributed by atoms with Crippen LogP contribution in [0.15, 0.2) is 54.9 Å². The van der Waals surface area contributed by atoms with E-state index in [1.54, 1.807) is 18.5 Å². The maximum absolute atomic E-state index is 13.5. The Bertz CT molecular complexity index is 1310. The Morgan fingerprint density at radius 3 is 2.76 bits per heavy atom. The largest absolute Gasteiger partial charge is 0.493 e. The summed E-state index contributed by atoms with van der Waals surface area (Å²) in [5.41, 5.74) is 4.96. The normalized spacial score (nSPS) is 13.5. The first-order valence-electron chi connectivity index (χ1n) is 11.6. The summed E-state index contributed by atoms with van der Waals surface area (Å²) in [4.78, 5) is 27.2. The Morgan fingerprint density at radius 2 is 1.97 bits per heavy atom. The van der Waals surface area contributed by atoms with Crippen molar-refractivity contribution in [1.82, 2.24) is 20.3 Å². The van der Waals surface area contributed by atoms with Crippen LogP contribution in [0.5, 0.6) is 5.88 Å². The van der Waals surface area contributed by atoms with Gasteiger partial charge in [0.2, 0.25) is 5.88 Å². The molecule has 5 rings (SSSR count). The summed E-state index contributed by atoms with van der Waals surface area (Å²) in [6.07, 6.45) is 5.81. The lowest BCUT2D eigenvalue weighted by molar-refractivity contribution is 0.102. The van der Waals surface area contributed by atoms with Crippen LogP contribution in [0.3, 0.4) is 0 Å². The van der Waals surface area contributed by atoms with Gasteiger partial charge in [-0.1, -0.05) is 6.07 Å². The summed E-state index contributed by atoms with van der Waals surface area (Å²) >= 11 is 0. The average Bonchev–Trinajstić information content (AvgIpc) is 3.54. The number of benzene rings is 2. The van der Waals surface area contributed by atoms with Gasteiger partial charge in [0.05, 0.1) is 17.6 Å². The maximum atomic E-state index is 13.5. The quantitative estimate of drug-likeness (QED) is 0.333. The highest BCUT2D eigenvalue weighted by Crippen LogP contribution is 2.28. The van der Waals surface area contributed by atoms with Gasteiger partial charge in [-0.05, 0) is 61.2 Å². The number of rotatable bonds is 7. The molecule has 2 aromatic carbocycles. The number of nitrogens with one attached hydrogen (secondary N) is 3. The van der Waals surface area contributed by atoms with Crippen LogP contribution in [0.25, 0.3) is 10.9 Å². The first kappa shape index (κ1) is 21.9. The second-order valence-corrected chi connectivity index (χ2v) is 8.67. The van der Waals surface area contributed by atoms with Gasteiger partial charge in [0, 0.05) is 54.9 Å². The Morgan fingerprint density at radius 1 is 1.12 bits per heavy atom. The minimum atomic E-state index is -0.140. The SMILES string of the molecule is Cc1cc(O)nc2ccc(NC(=O)c3cc(CNCc4ncc[nH]4)ccc3N3CCCC3)cc12. The molecule has 1 aliphatic heterocycles. The monoisotopic (exact) mass is 456 g/mol. The number of hydrogen-bond donors (Lipinski definition) is 4. The fraction of sp³-hybridized carbons (Fsp3) is 0.269. The molecule has 1 fully saturated rings. The van der Waals surface area contributed by atoms with Gasteiger partial charge >= 0.3 is 0 Å². The van der Waals surface area contributed by atoms with E-state index in [0.29, 0.717) is 29.9 Å². The van der Waals surface area contributed by atoms with Gasteiger partial charge in [0.15, 0.2) is 0 Å². The number of H-pyrrole nitrogens is 1. The topological polar surface area (TPSA) is 106 Å². The number of hydrogen-bond acceptors (Lipinski definition) is 6. The van der Waals surface area contributed by atoms with E-state index in [0.717, 1.165) is 54.0 Å². The molecular formula is C26H28N6O2. The molecule has 4 N–H and O–H groups in total. The molecule has 8 nitrogen and oxygen atoms in total. The third-order valence-corrected chi connectivity index (χ3v) is 6.19. The van der Waals surface area contributed by atoms with E-state index in [-0.39, 0.29) is 11.8 Å². The number of nitrogens with zero attached hydrogens (tertiary/aromatic N) is 3. The summed E-state index contributed by atoms with van der Waals surface area (Å²) in [6, 6.07) is 13.3. The number of fused-ring (bicyclic) bond motifs is 1. The molecule has 2 aromatic heterocycles. The number of anilines is 2. The molecule has 0 radical (unpaired) electrons. The first-order valence-corrected chi connectivity index (χ1v) is 11.6. The number of pyridine rings is 1. The van der Waals surface area contributed by atoms with Gasteiger partial charge in [-0.2, -0.15) is 0 Å². The standard InChI is InChI=1S/C26H28N6O2/c1-17-12-25(33)31-22-6-5-19(14-20(17)22)30-26(34)21-13-18(15-27-16-24-28-8-9-29-24)4-7-23(21)32-10-2-3-11-32/h4-9,12-14,27H,2-3,10-11,15-16H2,1H3,(H,28,29)(H,30,34)(H,31,33). The summed E-state index contributed by atoms with van der Waals surface area (Å²) in [5.74, 6) is 0.731. The van der Waals surface area contributed by atoms with Crippen molar-refractivity contribution in [3.8, 4) is 5.88 Å². The molecule has 1 saturated heterocycles. The van der Waals surface area contributed by atoms with Crippen LogP contribution in [-0.2, 0) is 13.1 Å². The third-order valence-electron chi connectivity index (χ3n) is 6.19. The zero-order valence-electron chi connectivity index (χ0n) is 19.1. The molecule has 0 spiro atoms. The van der Waals surface area contributed by atoms with Crippen LogP contribution < -0.4 is 15.5 Å². The van der Waals surface area contributed by atoms with Crippen LogP contribution in [0, 0.1) is 6.92 Å². The van der Waals surface area contributed by atoms with E-state index in [2.05, 4.69) is 42.6 Å². The highest BCUT2D eigenvalue weighted by atomic mass is 16.3. The Balaban J connectivity index is 1.39. The van der Waals surface area contributed by atoms with E-state index in [4.69, 9.17) is 0 Å². The molecule has 0 atom stereocenters. The highest BCUT2D eigenvalue weighted by Gasteiger charge is 2.20. The van der Waals surface area contributed by atoms with E-state index >= 15 is 0 Å². The zero-order chi connectivity index (χ0) is 23.5. The predicted octanol–water partition coefficient (Wildman–Crippen LogP) is 4.11. The van der Waals surface area contributed by atoms with Crippen molar-refractivity contribution in [2.24, 2.45) is 0 Å². The van der Waals surface area contributed by atoms with Crippen molar-refractivity contribution in [3.63, 3.8) is 0 Å². The molecule has 0 aliphatic carbocycles. The molecular weight excluding hydrogens is 428 g/mol. The van der Waals surface area contributed by atoms with E-state index in [1.165, 1.54) is 0 Å². The molecule has 0 saturated carbocycles. The number of carbonyl (C=O) groups excluding carboxylic acids is 1. The smallest absolute Gasteiger partial charge is 0.257 e. The molecule has 4 aromatic rings. The minimum Gasteiger partial charge on any atom is -0.493 e. The van der Waals surface area contributed by atoms with Crippen LogP contribution in [0.1, 0.15) is 40.2 Å². The zero-order valence-corrected chi connectivity index (χ0v) is 19.1. The summed E-state index contributed by atoms with van der Waals surface area (Å²) in [7, 11) is 0. The lowest BCUT2D eigenvalue weighted by atomic mass is 10.1. The number of aromatic hydroxyl groups is 1. The average molecular weight is 457 g/mol. The van der Waals surface area contributed by atoms with Gasteiger partial charge < -0.3 is 25.6 Å². The highest BCUT2D eigenvalue weighted by molar-refractivity contribution is 6.09. The van der Waals surface area contributed by atoms with Crippen molar-refractivity contribution >= 4 is 28.2 Å². The Hall–Kier alpha value is -3.91. The third kappa shape index (κ3) is 4.72. The molecule has 0 bridgehead atoms. The molecule has 174 valence electrons. The summed E-state index contributed by atoms with van der Waals surface area (Å²) in [5, 5.41) is 17.1. The Labute approximate surface area is 198 Å². The number of imidazole rings is 1. The van der Waals surface area contributed by atoms with Crippen LogP contribution in [-0.4, -0.2) is 39.1 Å². The minimum absolute atomic E-state index is 0.00508. The molecule has 1 aliphatic rings. The fourth-order valence-corrected chi connectivity index (χ4v) is 4.48. The lowest BCUT2D eigenvalue weighted by Crippen LogP contribution is -2.23. The second kappa shape index (κ2) is 9.52. The van der Waals surface area contributed by atoms with Gasteiger partial charge in [0.1, 0.15) is 5.82 Å². The lowest BCUT2D eigenvalue weighted by Gasteiger charge is -2.22. The predicted molar refractivity (Wildman–Crippen MR) is 133 cm³/mol. The van der Waals surface area contributed by atoms with E-state index in [1.807, 2.05) is 31.2 Å². The second-order valence-electron chi connectivity index (χ2n) is 8.67. The molecule has 0 unspecified atom stereocenters. The van der Waals surface area contributed by atoms with Crippen molar-refractivity contribution in [3.05, 3.63) is 77.4 Å². The van der Waals surface area contributed by atoms with Gasteiger partial charge in [-0.25, -0.2) is 9.97 Å². The van der Waals surface area contributed by atoms with Gasteiger partial charge in [-0.3, -0.25) is 4.79 Å². The number of carbonyl (C=O) groups is 1. The van der Waals surface area contributed by atoms with Crippen LogP contribution >= 0.6 is 0 Å². The molecule has 1 amide bonds. The molecule has 34 heavy (non-hydrogen) atoms. The van der Waals surface area contributed by atoms with Crippen molar-refractivity contribution in [1.29, 1.82) is 0 Å². The molecule has 3 heterocycles. The van der Waals surface area contributed by atoms with Crippen molar-refractivity contribution in [2.75, 3.05) is 23.3 Å².